The highest BCUT2D eigenvalue weighted by Crippen LogP contribution is 2.45. The van der Waals surface area contributed by atoms with E-state index in [0.717, 1.165) is 67.6 Å². The molecule has 4 nitrogen and oxygen atoms in total. The molecular formula is C30H33N3O. The van der Waals surface area contributed by atoms with E-state index < -0.39 is 0 Å². The maximum atomic E-state index is 13.2. The van der Waals surface area contributed by atoms with Gasteiger partial charge in [0.2, 0.25) is 0 Å². The number of aryl methyl sites for hydroxylation is 2. The van der Waals surface area contributed by atoms with Gasteiger partial charge in [-0.05, 0) is 70.1 Å². The van der Waals surface area contributed by atoms with Crippen molar-refractivity contribution in [3.8, 4) is 11.1 Å². The summed E-state index contributed by atoms with van der Waals surface area (Å²) in [6.07, 6.45) is 2.93. The van der Waals surface area contributed by atoms with E-state index in [-0.39, 0.29) is 5.91 Å². The van der Waals surface area contributed by atoms with Gasteiger partial charge in [-0.3, -0.25) is 4.79 Å². The number of nitrogens with two attached hydrogens (primary N) is 1. The number of hydrogen-bond acceptors (Lipinski definition) is 3. The summed E-state index contributed by atoms with van der Waals surface area (Å²) in [5.74, 6) is -0.329. The second kappa shape index (κ2) is 9.47. The highest BCUT2D eigenvalue weighted by atomic mass is 16.1. The van der Waals surface area contributed by atoms with Crippen molar-refractivity contribution in [1.29, 1.82) is 0 Å². The molecule has 4 heteroatoms. The van der Waals surface area contributed by atoms with E-state index in [9.17, 15) is 4.79 Å². The lowest BCUT2D eigenvalue weighted by Crippen LogP contribution is -2.44. The summed E-state index contributed by atoms with van der Waals surface area (Å²) in [4.78, 5) is 15.6. The van der Waals surface area contributed by atoms with Crippen LogP contribution >= 0.6 is 0 Å². The third-order valence-electron chi connectivity index (χ3n) is 7.13. The van der Waals surface area contributed by atoms with Crippen LogP contribution in [0.15, 0.2) is 60.7 Å². The Morgan fingerprint density at radius 2 is 1.62 bits per heavy atom. The number of carbonyl (C=O) groups is 1. The zero-order valence-electron chi connectivity index (χ0n) is 20.2. The lowest BCUT2D eigenvalue weighted by atomic mass is 9.84. The van der Waals surface area contributed by atoms with Gasteiger partial charge >= 0.3 is 0 Å². The molecule has 0 aromatic heterocycles. The number of carbonyl (C=O) groups excluding carboxylic acids is 1. The number of hydrogen-bond donors (Lipinski definition) is 2. The average molecular weight is 452 g/mol. The van der Waals surface area contributed by atoms with Gasteiger partial charge < -0.3 is 16.0 Å². The van der Waals surface area contributed by atoms with Crippen LogP contribution in [0.2, 0.25) is 0 Å². The summed E-state index contributed by atoms with van der Waals surface area (Å²) in [5.41, 5.74) is 12.5. The number of anilines is 1. The fourth-order valence-corrected chi connectivity index (χ4v) is 5.44. The molecule has 1 amide bonds. The quantitative estimate of drug-likeness (QED) is 0.363. The Morgan fingerprint density at radius 1 is 0.971 bits per heavy atom. The first kappa shape index (κ1) is 22.4. The van der Waals surface area contributed by atoms with Crippen molar-refractivity contribution in [2.75, 3.05) is 31.1 Å². The fraction of sp³-hybridized carbons (Fsp3) is 0.300. The minimum atomic E-state index is -0.329. The largest absolute Gasteiger partial charge is 0.368 e. The van der Waals surface area contributed by atoms with Crippen molar-refractivity contribution in [3.05, 3.63) is 77.4 Å². The number of benzene rings is 4. The van der Waals surface area contributed by atoms with Crippen LogP contribution in [0.1, 0.15) is 41.3 Å². The molecule has 3 N–H and O–H groups in total. The number of fused-ring (bicyclic) bond motifs is 2. The van der Waals surface area contributed by atoms with Crippen molar-refractivity contribution in [2.24, 2.45) is 5.73 Å². The van der Waals surface area contributed by atoms with Gasteiger partial charge in [-0.15, -0.1) is 0 Å². The first-order chi connectivity index (χ1) is 16.6. The monoisotopic (exact) mass is 451 g/mol. The van der Waals surface area contributed by atoms with Gasteiger partial charge in [-0.25, -0.2) is 0 Å². The van der Waals surface area contributed by atoms with Crippen molar-refractivity contribution < 1.29 is 4.79 Å². The zero-order chi connectivity index (χ0) is 23.7. The Labute approximate surface area is 201 Å². The second-order valence-electron chi connectivity index (χ2n) is 9.34. The van der Waals surface area contributed by atoms with Crippen LogP contribution in [0.4, 0.5) is 5.69 Å². The Kier molecular flexibility index (Phi) is 6.25. The first-order valence-electron chi connectivity index (χ1n) is 12.4. The fourth-order valence-electron chi connectivity index (χ4n) is 5.44. The van der Waals surface area contributed by atoms with E-state index in [0.29, 0.717) is 5.56 Å². The van der Waals surface area contributed by atoms with E-state index in [2.05, 4.69) is 84.7 Å². The maximum absolute atomic E-state index is 13.2. The highest BCUT2D eigenvalue weighted by molar-refractivity contribution is 6.17. The van der Waals surface area contributed by atoms with Crippen LogP contribution in [0.25, 0.3) is 32.7 Å². The van der Waals surface area contributed by atoms with Crippen LogP contribution in [0.3, 0.4) is 0 Å². The van der Waals surface area contributed by atoms with Gasteiger partial charge in [0.15, 0.2) is 0 Å². The van der Waals surface area contributed by atoms with E-state index in [1.807, 2.05) is 0 Å². The number of nitrogens with one attached hydrogen (secondary N) is 1. The standard InChI is InChI=1S/C30H33N3O/c1-3-4-12-24-25-18-21-10-6-7-11-22(21)19-26(25)27(23-13-8-5-9-20(23)2)29(28(24)30(31)34)33-16-14-32-15-17-33/h5-11,13,18-19,32H,3-4,12,14-17H2,1-2H3,(H2,31,34). The molecule has 1 heterocycles. The Morgan fingerprint density at radius 3 is 2.26 bits per heavy atom. The summed E-state index contributed by atoms with van der Waals surface area (Å²) in [5, 5.41) is 8.21. The highest BCUT2D eigenvalue weighted by Gasteiger charge is 2.28. The molecule has 0 atom stereocenters. The predicted octanol–water partition coefficient (Wildman–Crippen LogP) is 5.82. The summed E-state index contributed by atoms with van der Waals surface area (Å²) >= 11 is 0. The SMILES string of the molecule is CCCCc1c(C(N)=O)c(N2CCNCC2)c(-c2ccccc2C)c2cc3ccccc3cc12. The smallest absolute Gasteiger partial charge is 0.251 e. The molecule has 4 aromatic rings. The Hall–Kier alpha value is -3.37. The molecule has 1 aliphatic rings. The van der Waals surface area contributed by atoms with Gasteiger partial charge in [0.1, 0.15) is 0 Å². The molecule has 174 valence electrons. The number of amides is 1. The van der Waals surface area contributed by atoms with Crippen LogP contribution in [-0.4, -0.2) is 32.1 Å². The van der Waals surface area contributed by atoms with Crippen LogP contribution in [0.5, 0.6) is 0 Å². The molecule has 34 heavy (non-hydrogen) atoms. The lowest BCUT2D eigenvalue weighted by Gasteiger charge is -2.34. The first-order valence-corrected chi connectivity index (χ1v) is 12.4. The number of rotatable bonds is 6. The number of unbranched alkanes of at least 4 members (excludes halogenated alkanes) is 1. The molecule has 0 bridgehead atoms. The zero-order valence-corrected chi connectivity index (χ0v) is 20.2. The van der Waals surface area contributed by atoms with Gasteiger partial charge in [-0.1, -0.05) is 61.9 Å². The van der Waals surface area contributed by atoms with Crippen LogP contribution < -0.4 is 16.0 Å². The summed E-state index contributed by atoms with van der Waals surface area (Å²) < 4.78 is 0. The second-order valence-corrected chi connectivity index (χ2v) is 9.34. The predicted molar refractivity (Wildman–Crippen MR) is 144 cm³/mol. The van der Waals surface area contributed by atoms with Crippen LogP contribution in [0, 0.1) is 6.92 Å². The summed E-state index contributed by atoms with van der Waals surface area (Å²) in [6.45, 7) is 7.84. The van der Waals surface area contributed by atoms with Crippen LogP contribution in [-0.2, 0) is 6.42 Å². The molecular weight excluding hydrogens is 418 g/mol. The molecule has 0 spiro atoms. The van der Waals surface area contributed by atoms with Gasteiger partial charge in [0.25, 0.3) is 5.91 Å². The molecule has 0 aliphatic carbocycles. The van der Waals surface area contributed by atoms with Crippen molar-refractivity contribution in [1.82, 2.24) is 5.32 Å². The van der Waals surface area contributed by atoms with Gasteiger partial charge in [0.05, 0.1) is 11.3 Å². The number of primary amides is 1. The Bertz CT molecular complexity index is 1370. The molecule has 0 unspecified atom stereocenters. The van der Waals surface area contributed by atoms with Crippen molar-refractivity contribution in [2.45, 2.75) is 33.1 Å². The molecule has 1 aliphatic heterocycles. The van der Waals surface area contributed by atoms with E-state index >= 15 is 0 Å². The molecule has 0 saturated carbocycles. The van der Waals surface area contributed by atoms with E-state index in [4.69, 9.17) is 5.73 Å². The Balaban J connectivity index is 1.99. The van der Waals surface area contributed by atoms with Gasteiger partial charge in [-0.2, -0.15) is 0 Å². The molecule has 1 saturated heterocycles. The minimum absolute atomic E-state index is 0.329. The summed E-state index contributed by atoms with van der Waals surface area (Å²) in [6, 6.07) is 21.6. The number of nitrogens with zero attached hydrogens (tertiary/aromatic N) is 1. The average Bonchev–Trinajstić information content (AvgIpc) is 2.86. The molecule has 5 rings (SSSR count). The minimum Gasteiger partial charge on any atom is -0.368 e. The third-order valence-corrected chi connectivity index (χ3v) is 7.13. The van der Waals surface area contributed by atoms with Gasteiger partial charge in [0, 0.05) is 31.7 Å². The van der Waals surface area contributed by atoms with E-state index in [1.165, 1.54) is 27.3 Å². The molecule has 4 aromatic carbocycles. The number of piperazine rings is 1. The maximum Gasteiger partial charge on any atom is 0.251 e. The summed E-state index contributed by atoms with van der Waals surface area (Å²) in [7, 11) is 0. The topological polar surface area (TPSA) is 58.4 Å². The normalized spacial score (nSPS) is 14.1. The van der Waals surface area contributed by atoms with Crippen molar-refractivity contribution >= 4 is 33.1 Å². The van der Waals surface area contributed by atoms with E-state index in [1.54, 1.807) is 0 Å². The molecule has 1 fully saturated rings. The third kappa shape index (κ3) is 3.92. The van der Waals surface area contributed by atoms with Crippen molar-refractivity contribution in [3.63, 3.8) is 0 Å². The lowest BCUT2D eigenvalue weighted by molar-refractivity contribution is 0.1000. The molecule has 0 radical (unpaired) electrons.